The van der Waals surface area contributed by atoms with Crippen molar-refractivity contribution in [2.75, 3.05) is 18.5 Å². The van der Waals surface area contributed by atoms with Crippen LogP contribution in [0.2, 0.25) is 4.34 Å². The fraction of sp³-hybridized carbons (Fsp3) is 0.652. The van der Waals surface area contributed by atoms with Crippen LogP contribution in [0.4, 0.5) is 5.95 Å². The number of anilines is 1. The second-order valence-corrected chi connectivity index (χ2v) is 11.0. The van der Waals surface area contributed by atoms with E-state index in [0.717, 1.165) is 74.5 Å². The maximum atomic E-state index is 9.66. The van der Waals surface area contributed by atoms with Gasteiger partial charge in [-0.25, -0.2) is 9.97 Å². The molecule has 1 saturated heterocycles. The summed E-state index contributed by atoms with van der Waals surface area (Å²) in [5.74, 6) is 0.688. The van der Waals surface area contributed by atoms with Gasteiger partial charge in [-0.2, -0.15) is 0 Å². The molecule has 1 saturated carbocycles. The highest BCUT2D eigenvalue weighted by atomic mass is 35.5. The lowest BCUT2D eigenvalue weighted by Crippen LogP contribution is -2.49. The highest BCUT2D eigenvalue weighted by Crippen LogP contribution is 2.48. The van der Waals surface area contributed by atoms with Crippen LogP contribution < -0.4 is 5.32 Å². The van der Waals surface area contributed by atoms with Crippen LogP contribution >= 0.6 is 22.9 Å². The molecule has 2 aliphatic heterocycles. The molecule has 3 aliphatic rings. The van der Waals surface area contributed by atoms with Crippen LogP contribution in [-0.4, -0.2) is 51.3 Å². The molecular weight excluding hydrogens is 432 g/mol. The summed E-state index contributed by atoms with van der Waals surface area (Å²) in [6, 6.07) is 2.90. The van der Waals surface area contributed by atoms with Crippen molar-refractivity contribution in [1.82, 2.24) is 14.9 Å². The zero-order chi connectivity index (χ0) is 21.4. The van der Waals surface area contributed by atoms with E-state index in [1.165, 1.54) is 10.4 Å². The van der Waals surface area contributed by atoms with E-state index in [2.05, 4.69) is 33.2 Å². The van der Waals surface area contributed by atoms with Gasteiger partial charge < -0.3 is 15.2 Å². The molecule has 5 rings (SSSR count). The number of likely N-dealkylation sites (tertiary alicyclic amines) is 1. The van der Waals surface area contributed by atoms with Crippen molar-refractivity contribution >= 4 is 28.9 Å². The Kier molecular flexibility index (Phi) is 6.23. The highest BCUT2D eigenvalue weighted by Gasteiger charge is 2.44. The van der Waals surface area contributed by atoms with Crippen LogP contribution in [-0.2, 0) is 23.3 Å². The summed E-state index contributed by atoms with van der Waals surface area (Å²) in [6.07, 6.45) is 10.3. The Hall–Kier alpha value is -1.25. The minimum Gasteiger partial charge on any atom is -0.393 e. The highest BCUT2D eigenvalue weighted by molar-refractivity contribution is 7.16. The zero-order valence-corrected chi connectivity index (χ0v) is 19.6. The predicted molar refractivity (Wildman–Crippen MR) is 124 cm³/mol. The Morgan fingerprint density at radius 2 is 2.06 bits per heavy atom. The van der Waals surface area contributed by atoms with E-state index in [4.69, 9.17) is 16.3 Å². The van der Waals surface area contributed by atoms with Gasteiger partial charge in [0.15, 0.2) is 0 Å². The van der Waals surface area contributed by atoms with Crippen LogP contribution in [0.5, 0.6) is 0 Å². The number of ether oxygens (including phenoxy) is 1. The normalized spacial score (nSPS) is 31.5. The molecule has 1 aliphatic carbocycles. The Morgan fingerprint density at radius 1 is 1.29 bits per heavy atom. The van der Waals surface area contributed by atoms with E-state index in [-0.39, 0.29) is 11.7 Å². The molecule has 2 atom stereocenters. The first-order valence-corrected chi connectivity index (χ1v) is 12.6. The lowest BCUT2D eigenvalue weighted by molar-refractivity contribution is -0.110. The number of nitrogens with zero attached hydrogens (tertiary/aromatic N) is 3. The van der Waals surface area contributed by atoms with E-state index in [1.807, 2.05) is 12.4 Å². The second-order valence-electron chi connectivity index (χ2n) is 9.34. The van der Waals surface area contributed by atoms with Crippen LogP contribution in [0.1, 0.15) is 61.5 Å². The van der Waals surface area contributed by atoms with Crippen molar-refractivity contribution in [3.63, 3.8) is 0 Å². The molecule has 1 spiro atoms. The standard InChI is InChI=1S/C23H31ClN4O2S/c1-15-11-23(21-17(6-9-30-23)10-20(24)31-21)7-8-28(15)14-16-12-25-22(26-13-16)27-18-2-4-19(29)5-3-18/h10,12-13,15,18-19,29H,2-9,11,14H2,1H3,(H,25,26,27)/t15-,18?,19?,23+/m0/s1. The topological polar surface area (TPSA) is 70.5 Å². The van der Waals surface area contributed by atoms with Gasteiger partial charge in [-0.1, -0.05) is 11.6 Å². The molecule has 0 aromatic carbocycles. The molecule has 0 bridgehead atoms. The van der Waals surface area contributed by atoms with E-state index in [1.54, 1.807) is 11.3 Å². The van der Waals surface area contributed by atoms with Crippen molar-refractivity contribution in [3.05, 3.63) is 38.8 Å². The fourth-order valence-corrected chi connectivity index (χ4v) is 6.84. The van der Waals surface area contributed by atoms with Crippen LogP contribution in [0.15, 0.2) is 18.5 Å². The summed E-state index contributed by atoms with van der Waals surface area (Å²) in [5, 5.41) is 13.1. The molecule has 6 nitrogen and oxygen atoms in total. The second kappa shape index (κ2) is 8.94. The number of aromatic nitrogens is 2. The van der Waals surface area contributed by atoms with Gasteiger partial charge in [-0.3, -0.25) is 4.90 Å². The average molecular weight is 463 g/mol. The molecule has 2 N–H and O–H groups in total. The van der Waals surface area contributed by atoms with Crippen molar-refractivity contribution < 1.29 is 9.84 Å². The van der Waals surface area contributed by atoms with Crippen LogP contribution in [0.25, 0.3) is 0 Å². The summed E-state index contributed by atoms with van der Waals surface area (Å²) in [6.45, 7) is 4.92. The maximum Gasteiger partial charge on any atom is 0.222 e. The van der Waals surface area contributed by atoms with Gasteiger partial charge in [0.1, 0.15) is 5.60 Å². The fourth-order valence-electron chi connectivity index (χ4n) is 5.36. The summed E-state index contributed by atoms with van der Waals surface area (Å²) in [5.41, 5.74) is 2.35. The van der Waals surface area contributed by atoms with Gasteiger partial charge in [0, 0.05) is 48.0 Å². The quantitative estimate of drug-likeness (QED) is 0.703. The third kappa shape index (κ3) is 4.62. The molecule has 4 heterocycles. The Bertz CT molecular complexity index is 899. The maximum absolute atomic E-state index is 9.66. The lowest BCUT2D eigenvalue weighted by atomic mass is 9.82. The van der Waals surface area contributed by atoms with E-state index in [0.29, 0.717) is 18.0 Å². The molecule has 0 amide bonds. The van der Waals surface area contributed by atoms with Gasteiger partial charge in [0.2, 0.25) is 5.95 Å². The summed E-state index contributed by atoms with van der Waals surface area (Å²) in [4.78, 5) is 13.0. The lowest BCUT2D eigenvalue weighted by Gasteiger charge is -2.47. The van der Waals surface area contributed by atoms with Crippen LogP contribution in [0, 0.1) is 0 Å². The summed E-state index contributed by atoms with van der Waals surface area (Å²) >= 11 is 8.03. The number of hydrogen-bond acceptors (Lipinski definition) is 7. The SMILES string of the molecule is C[C@H]1C[C@@]2(CCN1Cc1cnc(NC3CCC(O)CC3)nc1)OCCc1cc(Cl)sc12. The largest absolute Gasteiger partial charge is 0.393 e. The average Bonchev–Trinajstić information content (AvgIpc) is 3.15. The Balaban J connectivity index is 1.19. The number of halogens is 1. The van der Waals surface area contributed by atoms with Gasteiger partial charge in [0.05, 0.1) is 17.0 Å². The minimum atomic E-state index is -0.168. The first-order chi connectivity index (χ1) is 15.0. The number of piperidine rings is 1. The number of fused-ring (bicyclic) bond motifs is 2. The smallest absolute Gasteiger partial charge is 0.222 e. The van der Waals surface area contributed by atoms with E-state index < -0.39 is 0 Å². The number of rotatable bonds is 4. The molecule has 31 heavy (non-hydrogen) atoms. The van der Waals surface area contributed by atoms with E-state index in [9.17, 15) is 5.11 Å². The molecular formula is C23H31ClN4O2S. The monoisotopic (exact) mass is 462 g/mol. The number of thiophene rings is 1. The summed E-state index contributed by atoms with van der Waals surface area (Å²) < 4.78 is 7.26. The van der Waals surface area contributed by atoms with Crippen molar-refractivity contribution in [2.45, 2.75) is 82.2 Å². The van der Waals surface area contributed by atoms with Crippen molar-refractivity contribution in [1.29, 1.82) is 0 Å². The Morgan fingerprint density at radius 3 is 2.81 bits per heavy atom. The molecule has 8 heteroatoms. The molecule has 0 radical (unpaired) electrons. The molecule has 2 aromatic heterocycles. The first kappa shape index (κ1) is 21.6. The first-order valence-electron chi connectivity index (χ1n) is 11.4. The number of nitrogens with one attached hydrogen (secondary N) is 1. The van der Waals surface area contributed by atoms with Crippen molar-refractivity contribution in [3.8, 4) is 0 Å². The number of hydrogen-bond donors (Lipinski definition) is 2. The minimum absolute atomic E-state index is 0.144. The number of aliphatic hydroxyl groups excluding tert-OH is 1. The predicted octanol–water partition coefficient (Wildman–Crippen LogP) is 4.36. The van der Waals surface area contributed by atoms with Gasteiger partial charge in [-0.15, -0.1) is 11.3 Å². The summed E-state index contributed by atoms with van der Waals surface area (Å²) in [7, 11) is 0. The third-order valence-electron chi connectivity index (χ3n) is 7.11. The molecule has 2 aromatic rings. The third-order valence-corrected chi connectivity index (χ3v) is 8.61. The van der Waals surface area contributed by atoms with E-state index >= 15 is 0 Å². The Labute approximate surface area is 193 Å². The van der Waals surface area contributed by atoms with Gasteiger partial charge in [-0.05, 0) is 63.5 Å². The molecule has 2 fully saturated rings. The van der Waals surface area contributed by atoms with Crippen LogP contribution in [0.3, 0.4) is 0 Å². The van der Waals surface area contributed by atoms with Gasteiger partial charge >= 0.3 is 0 Å². The zero-order valence-electron chi connectivity index (χ0n) is 18.0. The van der Waals surface area contributed by atoms with Gasteiger partial charge in [0.25, 0.3) is 0 Å². The number of aliphatic hydroxyl groups is 1. The molecule has 168 valence electrons. The van der Waals surface area contributed by atoms with Crippen molar-refractivity contribution in [2.24, 2.45) is 0 Å². The molecule has 0 unspecified atom stereocenters.